The van der Waals surface area contributed by atoms with Crippen LogP contribution in [0.1, 0.15) is 15.9 Å². The van der Waals surface area contributed by atoms with Crippen molar-refractivity contribution < 1.29 is 27.8 Å². The lowest BCUT2D eigenvalue weighted by atomic mass is 10.2. The van der Waals surface area contributed by atoms with E-state index in [0.717, 1.165) is 23.8 Å². The lowest BCUT2D eigenvalue weighted by Gasteiger charge is -2.17. The summed E-state index contributed by atoms with van der Waals surface area (Å²) in [5, 5.41) is 2.42. The topological polar surface area (TPSA) is 135 Å². The van der Waals surface area contributed by atoms with E-state index in [1.165, 1.54) is 30.5 Å². The summed E-state index contributed by atoms with van der Waals surface area (Å²) in [5.74, 6) is -3.43. The third-order valence-corrected chi connectivity index (χ3v) is 5.30. The van der Waals surface area contributed by atoms with Gasteiger partial charge >= 0.3 is 11.7 Å². The van der Waals surface area contributed by atoms with E-state index in [9.17, 15) is 28.0 Å². The highest BCUT2D eigenvalue weighted by Gasteiger charge is 2.25. The number of benzene rings is 2. The molecule has 2 aromatic heterocycles. The number of carbonyl (C=O) groups is 2. The van der Waals surface area contributed by atoms with Gasteiger partial charge in [0.05, 0.1) is 24.7 Å². The minimum Gasteiger partial charge on any atom is -0.491 e. The molecule has 186 valence electrons. The van der Waals surface area contributed by atoms with E-state index in [0.29, 0.717) is 22.3 Å². The number of nitrogens with zero attached hydrogens (tertiary/aromatic N) is 1. The molecule has 36 heavy (non-hydrogen) atoms. The zero-order valence-electron chi connectivity index (χ0n) is 18.8. The van der Waals surface area contributed by atoms with Crippen LogP contribution in [-0.4, -0.2) is 46.2 Å². The highest BCUT2D eigenvalue weighted by atomic mass is 19.2. The quantitative estimate of drug-likeness (QED) is 0.317. The maximum atomic E-state index is 13.5. The summed E-state index contributed by atoms with van der Waals surface area (Å²) in [4.78, 5) is 54.5. The molecule has 3 N–H and O–H groups in total. The van der Waals surface area contributed by atoms with Gasteiger partial charge in [0.1, 0.15) is 17.9 Å². The number of aromatic nitrogens is 3. The number of esters is 1. The largest absolute Gasteiger partial charge is 0.491 e. The molecular weight excluding hydrogens is 478 g/mol. The number of halogens is 2. The number of rotatable bonds is 8. The van der Waals surface area contributed by atoms with Gasteiger partial charge < -0.3 is 29.3 Å². The molecule has 2 heterocycles. The van der Waals surface area contributed by atoms with E-state index in [2.05, 4.69) is 15.3 Å². The minimum atomic E-state index is -1.26. The monoisotopic (exact) mass is 498 g/mol. The summed E-state index contributed by atoms with van der Waals surface area (Å²) in [7, 11) is 1.13. The Kier molecular flexibility index (Phi) is 6.95. The summed E-state index contributed by atoms with van der Waals surface area (Å²) >= 11 is 0. The number of fused-ring (bicyclic) bond motifs is 1. The van der Waals surface area contributed by atoms with Crippen molar-refractivity contribution >= 4 is 22.9 Å². The molecule has 1 amide bonds. The molecule has 0 radical (unpaired) electrons. The average molecular weight is 498 g/mol. The number of nitrogens with one attached hydrogen (secondary N) is 3. The second-order valence-electron chi connectivity index (χ2n) is 7.75. The van der Waals surface area contributed by atoms with Gasteiger partial charge in [-0.3, -0.25) is 9.59 Å². The maximum Gasteiger partial charge on any atom is 0.331 e. The number of methoxy groups -OCH3 is 1. The molecule has 0 saturated heterocycles. The first kappa shape index (κ1) is 24.4. The summed E-state index contributed by atoms with van der Waals surface area (Å²) < 4.78 is 38.2. The fourth-order valence-corrected chi connectivity index (χ4v) is 3.50. The van der Waals surface area contributed by atoms with Crippen LogP contribution in [0.2, 0.25) is 0 Å². The predicted molar refractivity (Wildman–Crippen MR) is 124 cm³/mol. The fourth-order valence-electron chi connectivity index (χ4n) is 3.50. The molecule has 10 nitrogen and oxygen atoms in total. The van der Waals surface area contributed by atoms with Gasteiger partial charge in [-0.2, -0.15) is 0 Å². The van der Waals surface area contributed by atoms with Crippen LogP contribution in [-0.2, 0) is 16.1 Å². The van der Waals surface area contributed by atoms with Gasteiger partial charge in [-0.25, -0.2) is 18.4 Å². The first-order valence-electron chi connectivity index (χ1n) is 10.6. The highest BCUT2D eigenvalue weighted by molar-refractivity contribution is 5.96. The number of aromatic amines is 2. The molecular formula is C24H20F2N4O6. The number of hydrogen-bond acceptors (Lipinski definition) is 6. The van der Waals surface area contributed by atoms with E-state index >= 15 is 0 Å². The van der Waals surface area contributed by atoms with Crippen molar-refractivity contribution in [2.75, 3.05) is 13.7 Å². The van der Waals surface area contributed by atoms with E-state index in [1.54, 1.807) is 12.1 Å². The third kappa shape index (κ3) is 5.32. The molecule has 0 unspecified atom stereocenters. The van der Waals surface area contributed by atoms with Crippen molar-refractivity contribution in [2.45, 2.75) is 12.6 Å². The van der Waals surface area contributed by atoms with Crippen LogP contribution < -0.4 is 21.3 Å². The standard InChI is InChI=1S/C24H20F2N4O6/c1-35-23(33)20(12-36-14-5-7-18-19(10-14)29-24(34)28-18)27-21(31)15-3-2-8-30(22(15)32)11-13-4-6-16(25)17(26)9-13/h2-10,20H,11-12H2,1H3,(H,27,31)(H2,28,29,34)/t20-/m0/s1. The molecule has 0 saturated carbocycles. The predicted octanol–water partition coefficient (Wildman–Crippen LogP) is 1.69. The minimum absolute atomic E-state index is 0.107. The van der Waals surface area contributed by atoms with Crippen LogP contribution in [0.15, 0.2) is 64.3 Å². The molecule has 1 atom stereocenters. The molecule has 0 aliphatic heterocycles. The van der Waals surface area contributed by atoms with E-state index in [-0.39, 0.29) is 24.4 Å². The van der Waals surface area contributed by atoms with Crippen molar-refractivity contribution in [3.8, 4) is 5.75 Å². The lowest BCUT2D eigenvalue weighted by molar-refractivity contribution is -0.143. The molecule has 12 heteroatoms. The Balaban J connectivity index is 1.49. The second-order valence-corrected chi connectivity index (χ2v) is 7.75. The van der Waals surface area contributed by atoms with Gasteiger partial charge in [0.25, 0.3) is 11.5 Å². The van der Waals surface area contributed by atoms with Crippen LogP contribution in [0, 0.1) is 11.6 Å². The fraction of sp³-hybridized carbons (Fsp3) is 0.167. The van der Waals surface area contributed by atoms with Gasteiger partial charge in [0.15, 0.2) is 17.7 Å². The van der Waals surface area contributed by atoms with Crippen LogP contribution in [0.5, 0.6) is 5.75 Å². The number of amides is 1. The molecule has 2 aromatic carbocycles. The van der Waals surface area contributed by atoms with Crippen molar-refractivity contribution in [2.24, 2.45) is 0 Å². The van der Waals surface area contributed by atoms with Gasteiger partial charge in [0, 0.05) is 12.3 Å². The number of H-pyrrole nitrogens is 2. The summed E-state index contributed by atoms with van der Waals surface area (Å²) in [5.41, 5.74) is -0.00238. The molecule has 0 spiro atoms. The molecule has 4 aromatic rings. The van der Waals surface area contributed by atoms with E-state index in [1.807, 2.05) is 0 Å². The van der Waals surface area contributed by atoms with Gasteiger partial charge in [-0.05, 0) is 42.0 Å². The molecule has 0 fully saturated rings. The van der Waals surface area contributed by atoms with Crippen LogP contribution in [0.3, 0.4) is 0 Å². The second kappa shape index (κ2) is 10.3. The molecule has 4 rings (SSSR count). The number of pyridine rings is 1. The summed E-state index contributed by atoms with van der Waals surface area (Å²) in [6.45, 7) is -0.432. The Morgan fingerprint density at radius 2 is 1.81 bits per heavy atom. The average Bonchev–Trinajstić information content (AvgIpc) is 3.23. The molecule has 0 aliphatic carbocycles. The number of carbonyl (C=O) groups excluding carboxylic acids is 2. The Morgan fingerprint density at radius 3 is 2.56 bits per heavy atom. The lowest BCUT2D eigenvalue weighted by Crippen LogP contribution is -2.47. The zero-order valence-corrected chi connectivity index (χ0v) is 18.8. The van der Waals surface area contributed by atoms with Crippen LogP contribution >= 0.6 is 0 Å². The SMILES string of the molecule is COC(=O)[C@H](COc1ccc2[nH]c(=O)[nH]c2c1)NC(=O)c1cccn(Cc2ccc(F)c(F)c2)c1=O. The van der Waals surface area contributed by atoms with Gasteiger partial charge in [-0.1, -0.05) is 6.07 Å². The summed E-state index contributed by atoms with van der Waals surface area (Å²) in [6.07, 6.45) is 1.39. The Hall–Kier alpha value is -4.74. The third-order valence-electron chi connectivity index (χ3n) is 5.30. The first-order chi connectivity index (χ1) is 17.2. The molecule has 0 aliphatic rings. The van der Waals surface area contributed by atoms with Crippen molar-refractivity contribution in [1.29, 1.82) is 0 Å². The van der Waals surface area contributed by atoms with Crippen LogP contribution in [0.25, 0.3) is 11.0 Å². The van der Waals surface area contributed by atoms with Crippen molar-refractivity contribution in [3.63, 3.8) is 0 Å². The first-order valence-corrected chi connectivity index (χ1v) is 10.6. The Morgan fingerprint density at radius 1 is 1.03 bits per heavy atom. The van der Waals surface area contributed by atoms with Gasteiger partial charge in [0.2, 0.25) is 0 Å². The Labute approximate surface area is 201 Å². The zero-order chi connectivity index (χ0) is 25.8. The number of imidazole rings is 1. The summed E-state index contributed by atoms with van der Waals surface area (Å²) in [6, 6.07) is 9.38. The van der Waals surface area contributed by atoms with E-state index in [4.69, 9.17) is 9.47 Å². The molecule has 0 bridgehead atoms. The van der Waals surface area contributed by atoms with E-state index < -0.39 is 35.1 Å². The normalized spacial score (nSPS) is 11.8. The maximum absolute atomic E-state index is 13.5. The smallest absolute Gasteiger partial charge is 0.331 e. The highest BCUT2D eigenvalue weighted by Crippen LogP contribution is 2.17. The Bertz CT molecular complexity index is 1560. The van der Waals surface area contributed by atoms with Crippen molar-refractivity contribution in [1.82, 2.24) is 19.9 Å². The van der Waals surface area contributed by atoms with Crippen LogP contribution in [0.4, 0.5) is 8.78 Å². The number of ether oxygens (including phenoxy) is 2. The number of hydrogen-bond donors (Lipinski definition) is 3. The van der Waals surface area contributed by atoms with Crippen molar-refractivity contribution in [3.05, 3.63) is 98.3 Å². The van der Waals surface area contributed by atoms with Gasteiger partial charge in [-0.15, -0.1) is 0 Å².